The van der Waals surface area contributed by atoms with E-state index in [0.29, 0.717) is 16.6 Å². The summed E-state index contributed by atoms with van der Waals surface area (Å²) in [7, 11) is 0. The minimum atomic E-state index is -0.491. The van der Waals surface area contributed by atoms with Gasteiger partial charge in [0.2, 0.25) is 11.8 Å². The number of anilines is 2. The van der Waals surface area contributed by atoms with E-state index < -0.39 is 5.92 Å². The van der Waals surface area contributed by atoms with Crippen LogP contribution in [0.1, 0.15) is 6.42 Å². The van der Waals surface area contributed by atoms with Gasteiger partial charge in [0.1, 0.15) is 0 Å². The standard InChI is InChI=1S/C17H13ClN4O3S/c18-12-1-3-13(4-2-12)22-8-11(7-14(22)23)15(24)19-17-21-20-16(25-17)10-5-6-26-9-10/h1-6,9,11H,7-8H2,(H,19,21,24)/t11-/m1/s1. The number of nitrogens with one attached hydrogen (secondary N) is 1. The van der Waals surface area contributed by atoms with Gasteiger partial charge in [0, 0.05) is 34.6 Å². The molecular formula is C17H13ClN4O3S. The normalized spacial score (nSPS) is 16.9. The van der Waals surface area contributed by atoms with Gasteiger partial charge in [-0.15, -0.1) is 5.10 Å². The first-order chi connectivity index (χ1) is 12.6. The molecule has 1 fully saturated rings. The molecule has 1 atom stereocenters. The Morgan fingerprint density at radius 1 is 1.27 bits per heavy atom. The summed E-state index contributed by atoms with van der Waals surface area (Å²) < 4.78 is 5.45. The molecule has 1 aliphatic heterocycles. The molecule has 132 valence electrons. The highest BCUT2D eigenvalue weighted by atomic mass is 35.5. The summed E-state index contributed by atoms with van der Waals surface area (Å²) in [5.41, 5.74) is 1.51. The molecule has 2 aromatic heterocycles. The Morgan fingerprint density at radius 3 is 2.81 bits per heavy atom. The first-order valence-corrected chi connectivity index (χ1v) is 9.15. The number of hydrogen-bond donors (Lipinski definition) is 1. The number of carbonyl (C=O) groups is 2. The monoisotopic (exact) mass is 388 g/mol. The molecule has 0 unspecified atom stereocenters. The van der Waals surface area contributed by atoms with Crippen LogP contribution in [0.3, 0.4) is 0 Å². The molecule has 26 heavy (non-hydrogen) atoms. The lowest BCUT2D eigenvalue weighted by atomic mass is 10.1. The minimum Gasteiger partial charge on any atom is -0.403 e. The smallest absolute Gasteiger partial charge is 0.322 e. The lowest BCUT2D eigenvalue weighted by Crippen LogP contribution is -2.28. The zero-order chi connectivity index (χ0) is 18.1. The number of benzene rings is 1. The van der Waals surface area contributed by atoms with Crippen molar-refractivity contribution in [1.82, 2.24) is 10.2 Å². The van der Waals surface area contributed by atoms with Gasteiger partial charge in [-0.05, 0) is 35.7 Å². The Bertz CT molecular complexity index is 939. The van der Waals surface area contributed by atoms with Gasteiger partial charge in [0.15, 0.2) is 0 Å². The summed E-state index contributed by atoms with van der Waals surface area (Å²) in [5, 5.41) is 14.7. The number of halogens is 1. The maximum atomic E-state index is 12.5. The van der Waals surface area contributed by atoms with E-state index in [9.17, 15) is 9.59 Å². The van der Waals surface area contributed by atoms with Crippen LogP contribution in [0.25, 0.3) is 11.5 Å². The van der Waals surface area contributed by atoms with E-state index in [4.69, 9.17) is 16.0 Å². The average molecular weight is 389 g/mol. The summed E-state index contributed by atoms with van der Waals surface area (Å²) in [6.07, 6.45) is 0.125. The number of aromatic nitrogens is 2. The fraction of sp³-hybridized carbons (Fsp3) is 0.176. The molecule has 1 aliphatic rings. The highest BCUT2D eigenvalue weighted by Gasteiger charge is 2.35. The van der Waals surface area contributed by atoms with Crippen molar-refractivity contribution in [3.63, 3.8) is 0 Å². The van der Waals surface area contributed by atoms with E-state index in [1.807, 2.05) is 16.8 Å². The van der Waals surface area contributed by atoms with Crippen LogP contribution in [-0.4, -0.2) is 28.6 Å². The SMILES string of the molecule is O=C(Nc1nnc(-c2ccsc2)o1)[C@@H]1CC(=O)N(c2ccc(Cl)cc2)C1. The van der Waals surface area contributed by atoms with Crippen molar-refractivity contribution in [3.05, 3.63) is 46.1 Å². The van der Waals surface area contributed by atoms with Gasteiger partial charge in [-0.2, -0.15) is 11.3 Å². The third kappa shape index (κ3) is 3.33. The van der Waals surface area contributed by atoms with E-state index in [1.165, 1.54) is 11.3 Å². The maximum Gasteiger partial charge on any atom is 0.322 e. The molecule has 3 heterocycles. The Labute approximate surface area is 157 Å². The van der Waals surface area contributed by atoms with Crippen LogP contribution in [0.5, 0.6) is 0 Å². The van der Waals surface area contributed by atoms with Crippen LogP contribution in [0.15, 0.2) is 45.5 Å². The second kappa shape index (κ2) is 6.89. The zero-order valence-corrected chi connectivity index (χ0v) is 15.0. The number of rotatable bonds is 4. The van der Waals surface area contributed by atoms with Gasteiger partial charge in [-0.1, -0.05) is 16.7 Å². The number of nitrogens with zero attached hydrogens (tertiary/aromatic N) is 3. The third-order valence-corrected chi connectivity index (χ3v) is 4.99. The van der Waals surface area contributed by atoms with Crippen LogP contribution in [0, 0.1) is 5.92 Å². The molecule has 7 nitrogen and oxygen atoms in total. The fourth-order valence-corrected chi connectivity index (χ4v) is 3.49. The topological polar surface area (TPSA) is 88.3 Å². The highest BCUT2D eigenvalue weighted by Crippen LogP contribution is 2.27. The van der Waals surface area contributed by atoms with Crippen molar-refractivity contribution in [1.29, 1.82) is 0 Å². The molecular weight excluding hydrogens is 376 g/mol. The number of hydrogen-bond acceptors (Lipinski definition) is 6. The van der Waals surface area contributed by atoms with Crippen molar-refractivity contribution in [3.8, 4) is 11.5 Å². The van der Waals surface area contributed by atoms with Crippen LogP contribution in [-0.2, 0) is 9.59 Å². The van der Waals surface area contributed by atoms with Gasteiger partial charge in [-0.3, -0.25) is 14.9 Å². The molecule has 2 amide bonds. The van der Waals surface area contributed by atoms with Crippen molar-refractivity contribution in [2.24, 2.45) is 5.92 Å². The molecule has 4 rings (SSSR count). The van der Waals surface area contributed by atoms with E-state index in [-0.39, 0.29) is 30.8 Å². The zero-order valence-electron chi connectivity index (χ0n) is 13.4. The van der Waals surface area contributed by atoms with Crippen LogP contribution >= 0.6 is 22.9 Å². The molecule has 1 aromatic carbocycles. The van der Waals surface area contributed by atoms with Crippen molar-refractivity contribution >= 4 is 46.5 Å². The molecule has 0 aliphatic carbocycles. The lowest BCUT2D eigenvalue weighted by molar-refractivity contribution is -0.122. The third-order valence-electron chi connectivity index (χ3n) is 4.06. The summed E-state index contributed by atoms with van der Waals surface area (Å²) >= 11 is 7.38. The second-order valence-electron chi connectivity index (χ2n) is 5.80. The number of thiophene rings is 1. The number of carbonyl (C=O) groups excluding carboxylic acids is 2. The van der Waals surface area contributed by atoms with Crippen LogP contribution in [0.2, 0.25) is 5.02 Å². The average Bonchev–Trinajstić information content (AvgIpc) is 3.36. The van der Waals surface area contributed by atoms with Crippen molar-refractivity contribution < 1.29 is 14.0 Å². The van der Waals surface area contributed by atoms with Gasteiger partial charge in [0.25, 0.3) is 5.89 Å². The summed E-state index contributed by atoms with van der Waals surface area (Å²) in [4.78, 5) is 26.3. The molecule has 0 bridgehead atoms. The second-order valence-corrected chi connectivity index (χ2v) is 7.01. The first-order valence-electron chi connectivity index (χ1n) is 7.83. The first kappa shape index (κ1) is 16.7. The predicted octanol–water partition coefficient (Wildman–Crippen LogP) is 3.44. The van der Waals surface area contributed by atoms with Crippen molar-refractivity contribution in [2.45, 2.75) is 6.42 Å². The molecule has 9 heteroatoms. The molecule has 0 radical (unpaired) electrons. The largest absolute Gasteiger partial charge is 0.403 e. The Kier molecular flexibility index (Phi) is 4.44. The summed E-state index contributed by atoms with van der Waals surface area (Å²) in [6, 6.07) is 8.80. The Morgan fingerprint density at radius 2 is 2.08 bits per heavy atom. The van der Waals surface area contributed by atoms with E-state index in [0.717, 1.165) is 5.56 Å². The van der Waals surface area contributed by atoms with Crippen LogP contribution < -0.4 is 10.2 Å². The molecule has 1 N–H and O–H groups in total. The van der Waals surface area contributed by atoms with Gasteiger partial charge in [-0.25, -0.2) is 0 Å². The highest BCUT2D eigenvalue weighted by molar-refractivity contribution is 7.08. The Balaban J connectivity index is 1.43. The predicted molar refractivity (Wildman–Crippen MR) is 98.2 cm³/mol. The molecule has 0 spiro atoms. The Hall–Kier alpha value is -2.71. The fourth-order valence-electron chi connectivity index (χ4n) is 2.74. The van der Waals surface area contributed by atoms with E-state index in [2.05, 4.69) is 15.5 Å². The number of amides is 2. The minimum absolute atomic E-state index is 0.0218. The van der Waals surface area contributed by atoms with E-state index >= 15 is 0 Å². The quantitative estimate of drug-likeness (QED) is 0.739. The van der Waals surface area contributed by atoms with Gasteiger partial charge < -0.3 is 9.32 Å². The van der Waals surface area contributed by atoms with Gasteiger partial charge in [0.05, 0.1) is 5.92 Å². The molecule has 3 aromatic rings. The maximum absolute atomic E-state index is 12.5. The lowest BCUT2D eigenvalue weighted by Gasteiger charge is -2.16. The summed E-state index contributed by atoms with van der Waals surface area (Å²) in [6.45, 7) is 0.290. The van der Waals surface area contributed by atoms with E-state index in [1.54, 1.807) is 29.2 Å². The molecule has 1 saturated heterocycles. The summed E-state index contributed by atoms with van der Waals surface area (Å²) in [5.74, 6) is -0.589. The molecule has 0 saturated carbocycles. The van der Waals surface area contributed by atoms with Crippen LogP contribution in [0.4, 0.5) is 11.7 Å². The van der Waals surface area contributed by atoms with Gasteiger partial charge >= 0.3 is 6.01 Å². The van der Waals surface area contributed by atoms with Crippen molar-refractivity contribution in [2.75, 3.05) is 16.8 Å².